The van der Waals surface area contributed by atoms with Gasteiger partial charge in [-0.2, -0.15) is 0 Å². The molecule has 0 aliphatic carbocycles. The third kappa shape index (κ3) is 5.25. The van der Waals surface area contributed by atoms with Gasteiger partial charge in [-0.15, -0.1) is 21.5 Å². The van der Waals surface area contributed by atoms with Gasteiger partial charge in [0.2, 0.25) is 0 Å². The Kier molecular flexibility index (Phi) is 7.40. The van der Waals surface area contributed by atoms with E-state index >= 15 is 0 Å². The second-order valence-electron chi connectivity index (χ2n) is 9.34. The Labute approximate surface area is 229 Å². The van der Waals surface area contributed by atoms with Gasteiger partial charge in [0.1, 0.15) is 23.5 Å². The van der Waals surface area contributed by atoms with E-state index in [2.05, 4.69) is 24.0 Å². The van der Waals surface area contributed by atoms with Crippen LogP contribution in [0, 0.1) is 20.8 Å². The second-order valence-corrected chi connectivity index (χ2v) is 10.5. The molecule has 4 aromatic rings. The number of hydrogen-bond donors (Lipinski definition) is 1. The van der Waals surface area contributed by atoms with Gasteiger partial charge in [0, 0.05) is 16.0 Å². The number of aliphatic imine (C=N–C) groups is 1. The number of aromatic nitrogens is 3. The maximum absolute atomic E-state index is 12.3. The van der Waals surface area contributed by atoms with Crippen molar-refractivity contribution in [1.29, 1.82) is 0 Å². The minimum atomic E-state index is -0.988. The summed E-state index contributed by atoms with van der Waals surface area (Å²) in [6.07, 6.45) is 0.0612. The molecule has 9 nitrogen and oxygen atoms in total. The summed E-state index contributed by atoms with van der Waals surface area (Å²) in [5.74, 6) is 0.0178. The van der Waals surface area contributed by atoms with Gasteiger partial charge in [0.15, 0.2) is 5.82 Å². The van der Waals surface area contributed by atoms with Gasteiger partial charge in [-0.25, -0.2) is 4.79 Å². The van der Waals surface area contributed by atoms with Crippen LogP contribution in [0.15, 0.2) is 53.5 Å². The fraction of sp³-hybridized carbons (Fsp3) is 0.276. The summed E-state index contributed by atoms with van der Waals surface area (Å²) in [5.41, 5.74) is 6.86. The summed E-state index contributed by atoms with van der Waals surface area (Å²) in [6.45, 7) is 6.01. The van der Waals surface area contributed by atoms with E-state index < -0.39 is 12.0 Å². The van der Waals surface area contributed by atoms with Crippen LogP contribution in [0.3, 0.4) is 0 Å². The number of rotatable bonds is 8. The van der Waals surface area contributed by atoms with Crippen molar-refractivity contribution >= 4 is 29.0 Å². The van der Waals surface area contributed by atoms with Crippen molar-refractivity contribution in [3.05, 3.63) is 87.3 Å². The van der Waals surface area contributed by atoms with E-state index in [-0.39, 0.29) is 25.6 Å². The zero-order chi connectivity index (χ0) is 27.7. The number of carboxylic acids is 1. The number of carboxylic acid groups (broad SMARTS) is 1. The smallest absolute Gasteiger partial charge is 0.329 e. The van der Waals surface area contributed by atoms with Crippen molar-refractivity contribution in [3.63, 3.8) is 0 Å². The number of esters is 1. The molecule has 0 spiro atoms. The number of methoxy groups -OCH3 is 1. The largest absolute Gasteiger partial charge is 0.480 e. The molecule has 3 heterocycles. The third-order valence-corrected chi connectivity index (χ3v) is 7.96. The summed E-state index contributed by atoms with van der Waals surface area (Å²) in [4.78, 5) is 29.3. The normalized spacial score (nSPS) is 14.3. The number of nitrogens with zero attached hydrogens (tertiary/aromatic N) is 4. The van der Waals surface area contributed by atoms with Gasteiger partial charge in [-0.1, -0.05) is 48.5 Å². The molecule has 0 radical (unpaired) electrons. The molecule has 0 unspecified atom stereocenters. The molecule has 0 bridgehead atoms. The highest BCUT2D eigenvalue weighted by atomic mass is 32.1. The predicted octanol–water partition coefficient (Wildman–Crippen LogP) is 4.98. The summed E-state index contributed by atoms with van der Waals surface area (Å²) >= 11 is 1.67. The van der Waals surface area contributed by atoms with Crippen molar-refractivity contribution in [3.8, 4) is 16.1 Å². The number of thiophene rings is 1. The minimum Gasteiger partial charge on any atom is -0.480 e. The van der Waals surface area contributed by atoms with Crippen LogP contribution in [-0.4, -0.2) is 51.2 Å². The molecule has 39 heavy (non-hydrogen) atoms. The molecule has 0 fully saturated rings. The molecule has 200 valence electrons. The molecule has 10 heteroatoms. The zero-order valence-corrected chi connectivity index (χ0v) is 22.9. The highest BCUT2D eigenvalue weighted by Crippen LogP contribution is 2.39. The number of ether oxygens (including phenoxy) is 2. The molecular formula is C29H28N4O5S. The maximum Gasteiger partial charge on any atom is 0.329 e. The average molecular weight is 545 g/mol. The number of aryl methyl sites for hydroxylation is 2. The predicted molar refractivity (Wildman–Crippen MR) is 148 cm³/mol. The van der Waals surface area contributed by atoms with Gasteiger partial charge in [0.05, 0.1) is 25.8 Å². The third-order valence-electron chi connectivity index (χ3n) is 6.77. The molecule has 2 aromatic heterocycles. The first kappa shape index (κ1) is 26.5. The lowest BCUT2D eigenvalue weighted by atomic mass is 9.96. The van der Waals surface area contributed by atoms with Crippen molar-refractivity contribution in [2.45, 2.75) is 39.8 Å². The first-order chi connectivity index (χ1) is 18.8. The van der Waals surface area contributed by atoms with Crippen LogP contribution >= 0.6 is 11.3 Å². The van der Waals surface area contributed by atoms with Crippen LogP contribution in [0.1, 0.15) is 51.2 Å². The van der Waals surface area contributed by atoms with E-state index in [1.807, 2.05) is 60.0 Å². The Morgan fingerprint density at radius 2 is 1.62 bits per heavy atom. The summed E-state index contributed by atoms with van der Waals surface area (Å²) in [5, 5.41) is 18.4. The van der Waals surface area contributed by atoms with Gasteiger partial charge in [-0.05, 0) is 43.0 Å². The monoisotopic (exact) mass is 544 g/mol. The molecular weight excluding hydrogens is 516 g/mol. The van der Waals surface area contributed by atoms with Crippen LogP contribution in [0.4, 0.5) is 0 Å². The fourth-order valence-electron chi connectivity index (χ4n) is 4.64. The lowest BCUT2D eigenvalue weighted by Gasteiger charge is -2.12. The number of carbonyl (C=O) groups excluding carboxylic acids is 1. The van der Waals surface area contributed by atoms with Crippen molar-refractivity contribution in [1.82, 2.24) is 14.8 Å². The van der Waals surface area contributed by atoms with Crippen LogP contribution in [0.25, 0.3) is 16.1 Å². The SMILES string of the molecule is COC(=O)C[C@@H]1N=C(c2ccc(-c3ccc(COCC(=O)O)cc3)cc2)c2c(sc(C)c2C)-n2c(C)nnc21. The lowest BCUT2D eigenvalue weighted by Crippen LogP contribution is -2.12. The number of hydrogen-bond acceptors (Lipinski definition) is 8. The molecule has 1 atom stereocenters. The Bertz CT molecular complexity index is 1570. The minimum absolute atomic E-state index is 0.0612. The van der Waals surface area contributed by atoms with Crippen molar-refractivity contribution in [2.24, 2.45) is 4.99 Å². The van der Waals surface area contributed by atoms with Crippen molar-refractivity contribution < 1.29 is 24.2 Å². The van der Waals surface area contributed by atoms with E-state index in [1.54, 1.807) is 11.3 Å². The summed E-state index contributed by atoms with van der Waals surface area (Å²) < 4.78 is 12.2. The van der Waals surface area contributed by atoms with Crippen LogP contribution in [-0.2, 0) is 25.7 Å². The molecule has 1 aliphatic heterocycles. The quantitative estimate of drug-likeness (QED) is 0.311. The van der Waals surface area contributed by atoms with Gasteiger partial charge < -0.3 is 14.6 Å². The van der Waals surface area contributed by atoms with Gasteiger partial charge in [-0.3, -0.25) is 14.4 Å². The lowest BCUT2D eigenvalue weighted by molar-refractivity contribution is -0.143. The molecule has 0 saturated carbocycles. The highest BCUT2D eigenvalue weighted by Gasteiger charge is 2.32. The van der Waals surface area contributed by atoms with E-state index in [9.17, 15) is 9.59 Å². The Balaban J connectivity index is 1.51. The molecule has 1 N–H and O–H groups in total. The van der Waals surface area contributed by atoms with E-state index in [0.717, 1.165) is 49.9 Å². The number of carbonyl (C=O) groups is 2. The zero-order valence-electron chi connectivity index (χ0n) is 22.1. The number of aliphatic carboxylic acids is 1. The van der Waals surface area contributed by atoms with E-state index in [0.29, 0.717) is 5.82 Å². The average Bonchev–Trinajstić information content (AvgIpc) is 3.40. The Morgan fingerprint density at radius 3 is 2.26 bits per heavy atom. The fourth-order valence-corrected chi connectivity index (χ4v) is 5.85. The van der Waals surface area contributed by atoms with E-state index in [1.165, 1.54) is 12.0 Å². The van der Waals surface area contributed by atoms with Crippen molar-refractivity contribution in [2.75, 3.05) is 13.7 Å². The molecule has 2 aromatic carbocycles. The standard InChI is InChI=1S/C29H28N4O5S/c1-16-17(2)39-29-26(16)27(30-23(13-25(36)37-4)28-32-31-18(3)33(28)29)22-11-9-21(10-12-22)20-7-5-19(6-8-20)14-38-15-24(34)35/h5-12,23H,13-15H2,1-4H3,(H,34,35)/t23-/m0/s1. The topological polar surface area (TPSA) is 116 Å². The first-order valence-electron chi connectivity index (χ1n) is 12.4. The summed E-state index contributed by atoms with van der Waals surface area (Å²) in [6, 6.07) is 15.5. The number of benzene rings is 2. The first-order valence-corrected chi connectivity index (χ1v) is 13.2. The van der Waals surface area contributed by atoms with Crippen LogP contribution in [0.5, 0.6) is 0 Å². The molecule has 5 rings (SSSR count). The van der Waals surface area contributed by atoms with Crippen LogP contribution in [0.2, 0.25) is 0 Å². The second kappa shape index (κ2) is 10.9. The van der Waals surface area contributed by atoms with E-state index in [4.69, 9.17) is 19.6 Å². The van der Waals surface area contributed by atoms with Gasteiger partial charge in [0.25, 0.3) is 0 Å². The van der Waals surface area contributed by atoms with Crippen LogP contribution < -0.4 is 0 Å². The Morgan fingerprint density at radius 1 is 0.974 bits per heavy atom. The molecule has 1 aliphatic rings. The maximum atomic E-state index is 12.3. The summed E-state index contributed by atoms with van der Waals surface area (Å²) in [7, 11) is 1.37. The van der Waals surface area contributed by atoms with Gasteiger partial charge >= 0.3 is 11.9 Å². The Hall–Kier alpha value is -4.15. The molecule has 0 amide bonds. The highest BCUT2D eigenvalue weighted by molar-refractivity contribution is 7.15. The number of fused-ring (bicyclic) bond motifs is 3. The molecule has 0 saturated heterocycles.